The molecule has 0 fully saturated rings. The summed E-state index contributed by atoms with van der Waals surface area (Å²) >= 11 is 1.22. The highest BCUT2D eigenvalue weighted by Gasteiger charge is 2.05. The molecule has 4 nitrogen and oxygen atoms in total. The van der Waals surface area contributed by atoms with Crippen LogP contribution in [0.3, 0.4) is 0 Å². The molecule has 5 heteroatoms. The van der Waals surface area contributed by atoms with Gasteiger partial charge >= 0.3 is 6.41 Å². The van der Waals surface area contributed by atoms with Gasteiger partial charge in [0.2, 0.25) is 5.95 Å². The lowest BCUT2D eigenvalue weighted by Crippen LogP contribution is -2.20. The fourth-order valence-electron chi connectivity index (χ4n) is 0.531. The smallest absolute Gasteiger partial charge is 0.272 e. The molecule has 1 radical (unpaired) electrons. The molecule has 0 aliphatic heterocycles. The summed E-state index contributed by atoms with van der Waals surface area (Å²) in [6.45, 7) is 2.40. The number of nitrogens with zero attached hydrogens (tertiary/aromatic N) is 3. The van der Waals surface area contributed by atoms with Crippen molar-refractivity contribution in [2.24, 2.45) is 0 Å². The Balaban J connectivity index is 2.73. The first kappa shape index (κ1) is 7.14. The molecule has 1 rings (SSSR count). The SMILES string of the molecule is CCN([C]=O)c1ncsn1. The Morgan fingerprint density at radius 2 is 2.70 bits per heavy atom. The minimum atomic E-state index is 0.433. The van der Waals surface area contributed by atoms with E-state index in [1.165, 1.54) is 16.4 Å². The number of aromatic nitrogens is 2. The van der Waals surface area contributed by atoms with Gasteiger partial charge in [0.25, 0.3) is 0 Å². The molecule has 0 aliphatic carbocycles. The van der Waals surface area contributed by atoms with E-state index in [0.717, 1.165) is 0 Å². The summed E-state index contributed by atoms with van der Waals surface area (Å²) in [5.41, 5.74) is 1.58. The Hall–Kier alpha value is -0.970. The fraction of sp³-hybridized carbons (Fsp3) is 0.400. The first-order valence-corrected chi connectivity index (χ1v) is 3.63. The van der Waals surface area contributed by atoms with E-state index in [9.17, 15) is 4.79 Å². The molecule has 0 aromatic carbocycles. The second-order valence-corrected chi connectivity index (χ2v) is 2.17. The molecule has 0 bridgehead atoms. The van der Waals surface area contributed by atoms with Gasteiger partial charge in [-0.3, -0.25) is 9.69 Å². The van der Waals surface area contributed by atoms with Gasteiger partial charge in [-0.05, 0) is 18.5 Å². The lowest BCUT2D eigenvalue weighted by molar-refractivity contribution is 0.551. The molecule has 1 aromatic heterocycles. The Bertz CT molecular complexity index is 199. The maximum Gasteiger partial charge on any atom is 0.319 e. The standard InChI is InChI=1S/C5H6N3OS/c1-2-8(4-9)5-6-3-10-7-5/h3H,2H2,1H3. The summed E-state index contributed by atoms with van der Waals surface area (Å²) in [5.74, 6) is 0.433. The van der Waals surface area contributed by atoms with Crippen molar-refractivity contribution in [1.82, 2.24) is 9.36 Å². The lowest BCUT2D eigenvalue weighted by Gasteiger charge is -2.05. The third-order valence-electron chi connectivity index (χ3n) is 1.02. The largest absolute Gasteiger partial charge is 0.319 e. The quantitative estimate of drug-likeness (QED) is 0.596. The van der Waals surface area contributed by atoms with Crippen molar-refractivity contribution in [3.63, 3.8) is 0 Å². The number of hydrogen-bond acceptors (Lipinski definition) is 4. The molecular weight excluding hydrogens is 150 g/mol. The molecule has 0 saturated carbocycles. The van der Waals surface area contributed by atoms with Crippen LogP contribution in [0.25, 0.3) is 0 Å². The third kappa shape index (κ3) is 1.30. The van der Waals surface area contributed by atoms with Crippen LogP contribution < -0.4 is 4.90 Å². The van der Waals surface area contributed by atoms with E-state index in [4.69, 9.17) is 0 Å². The van der Waals surface area contributed by atoms with Crippen LogP contribution in [-0.2, 0) is 4.79 Å². The Morgan fingerprint density at radius 1 is 1.90 bits per heavy atom. The second-order valence-electron chi connectivity index (χ2n) is 1.57. The Kier molecular flexibility index (Phi) is 2.33. The molecule has 10 heavy (non-hydrogen) atoms. The third-order valence-corrected chi connectivity index (χ3v) is 1.49. The number of amides is 1. The number of hydrogen-bond donors (Lipinski definition) is 0. The van der Waals surface area contributed by atoms with Crippen molar-refractivity contribution in [3.05, 3.63) is 5.51 Å². The van der Waals surface area contributed by atoms with Crippen molar-refractivity contribution in [2.45, 2.75) is 6.92 Å². The molecule has 53 valence electrons. The molecule has 0 aliphatic rings. The van der Waals surface area contributed by atoms with Crippen molar-refractivity contribution < 1.29 is 4.79 Å². The highest BCUT2D eigenvalue weighted by Crippen LogP contribution is 2.04. The summed E-state index contributed by atoms with van der Waals surface area (Å²) in [5, 5.41) is 0. The van der Waals surface area contributed by atoms with Crippen LogP contribution in [-0.4, -0.2) is 22.3 Å². The van der Waals surface area contributed by atoms with Crippen molar-refractivity contribution in [3.8, 4) is 0 Å². The molecule has 0 spiro atoms. The molecular formula is C5H6N3OS. The second kappa shape index (κ2) is 3.26. The molecule has 0 N–H and O–H groups in total. The fourth-order valence-corrected chi connectivity index (χ4v) is 0.959. The zero-order valence-corrected chi connectivity index (χ0v) is 6.26. The van der Waals surface area contributed by atoms with E-state index in [1.807, 2.05) is 6.92 Å². The minimum absolute atomic E-state index is 0.433. The van der Waals surface area contributed by atoms with E-state index < -0.39 is 0 Å². The summed E-state index contributed by atoms with van der Waals surface area (Å²) in [6, 6.07) is 0. The summed E-state index contributed by atoms with van der Waals surface area (Å²) in [6.07, 6.45) is 1.72. The average Bonchev–Trinajstić information content (AvgIpc) is 2.43. The van der Waals surface area contributed by atoms with E-state index in [2.05, 4.69) is 9.36 Å². The number of anilines is 1. The summed E-state index contributed by atoms with van der Waals surface area (Å²) in [4.78, 5) is 15.3. The molecule has 1 heterocycles. The molecule has 1 amide bonds. The summed E-state index contributed by atoms with van der Waals surface area (Å²) in [7, 11) is 0. The first-order valence-electron chi connectivity index (χ1n) is 2.80. The van der Waals surface area contributed by atoms with Gasteiger partial charge in [0.1, 0.15) is 5.51 Å². The molecule has 0 atom stereocenters. The monoisotopic (exact) mass is 156 g/mol. The van der Waals surface area contributed by atoms with Crippen molar-refractivity contribution in [1.29, 1.82) is 0 Å². The average molecular weight is 156 g/mol. The van der Waals surface area contributed by atoms with Crippen LogP contribution in [0.15, 0.2) is 5.51 Å². The lowest BCUT2D eigenvalue weighted by atomic mass is 10.6. The molecule has 1 aromatic rings. The van der Waals surface area contributed by atoms with Crippen LogP contribution in [0.5, 0.6) is 0 Å². The number of carbonyl (C=O) groups excluding carboxylic acids is 1. The molecule has 0 saturated heterocycles. The van der Waals surface area contributed by atoms with Gasteiger partial charge in [0.05, 0.1) is 0 Å². The zero-order valence-electron chi connectivity index (χ0n) is 5.44. The van der Waals surface area contributed by atoms with E-state index in [-0.39, 0.29) is 0 Å². The van der Waals surface area contributed by atoms with E-state index in [0.29, 0.717) is 12.5 Å². The van der Waals surface area contributed by atoms with E-state index in [1.54, 1.807) is 11.9 Å². The minimum Gasteiger partial charge on any atom is -0.272 e. The van der Waals surface area contributed by atoms with Crippen molar-refractivity contribution in [2.75, 3.05) is 11.4 Å². The van der Waals surface area contributed by atoms with E-state index >= 15 is 0 Å². The van der Waals surface area contributed by atoms with Gasteiger partial charge in [-0.15, -0.1) is 0 Å². The maximum absolute atomic E-state index is 10.2. The predicted octanol–water partition coefficient (Wildman–Crippen LogP) is 0.432. The molecule has 0 unspecified atom stereocenters. The van der Waals surface area contributed by atoms with Crippen LogP contribution in [0, 0.1) is 0 Å². The maximum atomic E-state index is 10.2. The Labute approximate surface area is 62.7 Å². The van der Waals surface area contributed by atoms with Gasteiger partial charge in [-0.1, -0.05) is 0 Å². The highest BCUT2D eigenvalue weighted by atomic mass is 32.1. The van der Waals surface area contributed by atoms with Gasteiger partial charge in [0.15, 0.2) is 0 Å². The predicted molar refractivity (Wildman–Crippen MR) is 38.6 cm³/mol. The Morgan fingerprint density at radius 3 is 3.10 bits per heavy atom. The van der Waals surface area contributed by atoms with Crippen LogP contribution in [0.4, 0.5) is 5.95 Å². The van der Waals surface area contributed by atoms with Gasteiger partial charge < -0.3 is 0 Å². The topological polar surface area (TPSA) is 46.1 Å². The van der Waals surface area contributed by atoms with Crippen LogP contribution in [0.2, 0.25) is 0 Å². The zero-order chi connectivity index (χ0) is 7.40. The van der Waals surface area contributed by atoms with Crippen molar-refractivity contribution >= 4 is 23.9 Å². The summed E-state index contributed by atoms with van der Waals surface area (Å²) < 4.78 is 3.85. The van der Waals surface area contributed by atoms with Crippen LogP contribution >= 0.6 is 11.5 Å². The first-order chi connectivity index (χ1) is 4.88. The normalized spacial score (nSPS) is 9.30. The van der Waals surface area contributed by atoms with Gasteiger partial charge in [-0.25, -0.2) is 4.98 Å². The van der Waals surface area contributed by atoms with Crippen LogP contribution in [0.1, 0.15) is 6.92 Å². The number of rotatable bonds is 3. The highest BCUT2D eigenvalue weighted by molar-refractivity contribution is 7.03. The van der Waals surface area contributed by atoms with Gasteiger partial charge in [-0.2, -0.15) is 4.37 Å². The van der Waals surface area contributed by atoms with Gasteiger partial charge in [0, 0.05) is 6.54 Å².